The third-order valence-electron chi connectivity index (χ3n) is 3.64. The first-order chi connectivity index (χ1) is 9.01. The van der Waals surface area contributed by atoms with Crippen LogP contribution >= 0.6 is 0 Å². The van der Waals surface area contributed by atoms with Crippen LogP contribution in [0.2, 0.25) is 0 Å². The van der Waals surface area contributed by atoms with Crippen molar-refractivity contribution in [1.82, 2.24) is 9.78 Å². The minimum absolute atomic E-state index is 0.416. The van der Waals surface area contributed by atoms with E-state index in [4.69, 9.17) is 4.74 Å². The first kappa shape index (κ1) is 16.2. The summed E-state index contributed by atoms with van der Waals surface area (Å²) >= 11 is 0. The predicted molar refractivity (Wildman–Crippen MR) is 80.4 cm³/mol. The molecule has 0 aromatic carbocycles. The maximum atomic E-state index is 5.33. The minimum atomic E-state index is 0.416. The molecule has 3 rings (SSSR count). The fourth-order valence-corrected chi connectivity index (χ4v) is 2.43. The fourth-order valence-electron chi connectivity index (χ4n) is 2.43. The highest BCUT2D eigenvalue weighted by atomic mass is 16.6. The van der Waals surface area contributed by atoms with E-state index in [0.29, 0.717) is 11.6 Å². The molecular weight excluding hydrogens is 236 g/mol. The van der Waals surface area contributed by atoms with Crippen LogP contribution in [0.15, 0.2) is 12.3 Å². The summed E-state index contributed by atoms with van der Waals surface area (Å²) in [5.74, 6) is 0.928. The zero-order valence-electron chi connectivity index (χ0n) is 13.4. The summed E-state index contributed by atoms with van der Waals surface area (Å²) in [6.45, 7) is 13.6. The summed E-state index contributed by atoms with van der Waals surface area (Å²) in [6, 6.07) is 2.50. The van der Waals surface area contributed by atoms with Gasteiger partial charge < -0.3 is 4.74 Å². The lowest BCUT2D eigenvalue weighted by molar-refractivity contribution is 0.303. The summed E-state index contributed by atoms with van der Waals surface area (Å²) in [7, 11) is 0. The summed E-state index contributed by atoms with van der Waals surface area (Å²) in [5, 5.41) is 4.23. The van der Waals surface area contributed by atoms with Crippen LogP contribution in [0.5, 0.6) is 0 Å². The number of hydrogen-bond acceptors (Lipinski definition) is 2. The van der Waals surface area contributed by atoms with E-state index in [2.05, 4.69) is 25.9 Å². The average molecular weight is 266 g/mol. The molecule has 2 fully saturated rings. The van der Waals surface area contributed by atoms with Crippen molar-refractivity contribution in [2.24, 2.45) is 5.92 Å². The lowest BCUT2D eigenvalue weighted by Gasteiger charge is -2.02. The zero-order valence-corrected chi connectivity index (χ0v) is 13.4. The van der Waals surface area contributed by atoms with Gasteiger partial charge in [0.2, 0.25) is 0 Å². The molecule has 0 amide bonds. The van der Waals surface area contributed by atoms with Crippen LogP contribution in [-0.4, -0.2) is 22.0 Å². The Kier molecular flexibility index (Phi) is 6.05. The van der Waals surface area contributed by atoms with E-state index in [1.807, 2.05) is 37.7 Å². The second kappa shape index (κ2) is 7.09. The molecule has 0 N–H and O–H groups in total. The third kappa shape index (κ3) is 4.98. The van der Waals surface area contributed by atoms with Gasteiger partial charge in [0, 0.05) is 12.2 Å². The standard InChI is InChI=1S/C7H12N2.C7H12O.C2H6/c1-6(2)9-5-4-7(3)8-9;1-6-2-3-7(4-6)5-8-7;1-2/h4-6H,1-3H3;6H,2-5H2,1H3;1-2H3. The Morgan fingerprint density at radius 1 is 1.42 bits per heavy atom. The molecule has 19 heavy (non-hydrogen) atoms. The van der Waals surface area contributed by atoms with Gasteiger partial charge in [-0.15, -0.1) is 0 Å². The van der Waals surface area contributed by atoms with E-state index in [1.165, 1.54) is 19.3 Å². The Hall–Kier alpha value is -0.830. The lowest BCUT2D eigenvalue weighted by Crippen LogP contribution is -2.02. The van der Waals surface area contributed by atoms with Crippen molar-refractivity contribution >= 4 is 0 Å². The number of aryl methyl sites for hydroxylation is 1. The van der Waals surface area contributed by atoms with Crippen molar-refractivity contribution in [2.75, 3.05) is 6.61 Å². The van der Waals surface area contributed by atoms with Crippen molar-refractivity contribution < 1.29 is 4.74 Å². The zero-order chi connectivity index (χ0) is 14.5. The molecule has 2 atom stereocenters. The quantitative estimate of drug-likeness (QED) is 0.706. The van der Waals surface area contributed by atoms with Crippen LogP contribution in [0.25, 0.3) is 0 Å². The molecule has 3 heteroatoms. The molecule has 0 radical (unpaired) electrons. The monoisotopic (exact) mass is 266 g/mol. The SMILES string of the molecule is CC.CC1CCC2(CO2)C1.Cc1ccn(C(C)C)n1. The lowest BCUT2D eigenvalue weighted by atomic mass is 10.1. The molecule has 0 bridgehead atoms. The van der Waals surface area contributed by atoms with E-state index in [-0.39, 0.29) is 0 Å². The highest BCUT2D eigenvalue weighted by molar-refractivity contribution is 4.98. The molecule has 2 aliphatic rings. The van der Waals surface area contributed by atoms with E-state index in [9.17, 15) is 0 Å². The number of aromatic nitrogens is 2. The van der Waals surface area contributed by atoms with Crippen LogP contribution in [-0.2, 0) is 4.74 Å². The number of epoxide rings is 1. The minimum Gasteiger partial charge on any atom is -0.370 e. The third-order valence-corrected chi connectivity index (χ3v) is 3.64. The van der Waals surface area contributed by atoms with E-state index < -0.39 is 0 Å². The maximum absolute atomic E-state index is 5.33. The number of rotatable bonds is 1. The highest BCUT2D eigenvalue weighted by Crippen LogP contribution is 2.45. The van der Waals surface area contributed by atoms with Crippen molar-refractivity contribution in [2.45, 2.75) is 72.4 Å². The molecule has 1 aliphatic carbocycles. The van der Waals surface area contributed by atoms with Crippen molar-refractivity contribution in [3.8, 4) is 0 Å². The summed E-state index contributed by atoms with van der Waals surface area (Å²) in [5.41, 5.74) is 1.50. The highest BCUT2D eigenvalue weighted by Gasteiger charge is 2.48. The van der Waals surface area contributed by atoms with Gasteiger partial charge in [0.25, 0.3) is 0 Å². The number of ether oxygens (including phenoxy) is 1. The Labute approximate surface area is 118 Å². The molecule has 2 heterocycles. The Morgan fingerprint density at radius 3 is 2.26 bits per heavy atom. The first-order valence-corrected chi connectivity index (χ1v) is 7.66. The van der Waals surface area contributed by atoms with Gasteiger partial charge in [0.1, 0.15) is 0 Å². The van der Waals surface area contributed by atoms with Gasteiger partial charge in [-0.05, 0) is 52.0 Å². The van der Waals surface area contributed by atoms with Gasteiger partial charge >= 0.3 is 0 Å². The normalized spacial score (nSPS) is 27.6. The Balaban J connectivity index is 0.000000169. The van der Waals surface area contributed by atoms with Gasteiger partial charge in [-0.1, -0.05) is 20.8 Å². The van der Waals surface area contributed by atoms with Gasteiger partial charge in [0.05, 0.1) is 17.9 Å². The van der Waals surface area contributed by atoms with Crippen molar-refractivity contribution in [1.29, 1.82) is 0 Å². The van der Waals surface area contributed by atoms with Crippen LogP contribution in [0.1, 0.15) is 65.6 Å². The smallest absolute Gasteiger partial charge is 0.0919 e. The molecule has 3 nitrogen and oxygen atoms in total. The van der Waals surface area contributed by atoms with Crippen molar-refractivity contribution in [3.05, 3.63) is 18.0 Å². The Bertz CT molecular complexity index is 367. The molecule has 2 unspecified atom stereocenters. The first-order valence-electron chi connectivity index (χ1n) is 7.66. The molecule has 110 valence electrons. The van der Waals surface area contributed by atoms with Gasteiger partial charge in [-0.3, -0.25) is 4.68 Å². The van der Waals surface area contributed by atoms with Crippen LogP contribution < -0.4 is 0 Å². The topological polar surface area (TPSA) is 30.4 Å². The number of hydrogen-bond donors (Lipinski definition) is 0. The average Bonchev–Trinajstić information content (AvgIpc) is 2.81. The largest absolute Gasteiger partial charge is 0.370 e. The van der Waals surface area contributed by atoms with Crippen LogP contribution in [0, 0.1) is 12.8 Å². The molecule has 1 saturated carbocycles. The summed E-state index contributed by atoms with van der Waals surface area (Å²) < 4.78 is 7.28. The van der Waals surface area contributed by atoms with Gasteiger partial charge in [-0.2, -0.15) is 5.10 Å². The molecule has 1 saturated heterocycles. The molecule has 1 aliphatic heterocycles. The van der Waals surface area contributed by atoms with Gasteiger partial charge in [-0.25, -0.2) is 0 Å². The predicted octanol–water partition coefficient (Wildman–Crippen LogP) is 4.37. The van der Waals surface area contributed by atoms with E-state index >= 15 is 0 Å². The summed E-state index contributed by atoms with van der Waals surface area (Å²) in [4.78, 5) is 0. The van der Waals surface area contributed by atoms with Crippen LogP contribution in [0.4, 0.5) is 0 Å². The molecule has 1 aromatic heterocycles. The van der Waals surface area contributed by atoms with Crippen molar-refractivity contribution in [3.63, 3.8) is 0 Å². The van der Waals surface area contributed by atoms with Crippen LogP contribution in [0.3, 0.4) is 0 Å². The van der Waals surface area contributed by atoms with Gasteiger partial charge in [0.15, 0.2) is 0 Å². The second-order valence-electron chi connectivity index (χ2n) is 5.85. The molecule has 1 spiro atoms. The summed E-state index contributed by atoms with van der Waals surface area (Å²) in [6.07, 6.45) is 6.04. The molecular formula is C16H30N2O. The molecule has 1 aromatic rings. The number of nitrogens with zero attached hydrogens (tertiary/aromatic N) is 2. The second-order valence-corrected chi connectivity index (χ2v) is 5.85. The van der Waals surface area contributed by atoms with E-state index in [1.54, 1.807) is 0 Å². The Morgan fingerprint density at radius 2 is 2.05 bits per heavy atom. The maximum Gasteiger partial charge on any atom is 0.0919 e. The fraction of sp³-hybridized carbons (Fsp3) is 0.812. The van der Waals surface area contributed by atoms with E-state index in [0.717, 1.165) is 18.2 Å².